The molecule has 106 valence electrons. The first-order chi connectivity index (χ1) is 10.2. The highest BCUT2D eigenvalue weighted by molar-refractivity contribution is 5.85. The molecule has 0 fully saturated rings. The third-order valence-electron chi connectivity index (χ3n) is 2.66. The molecule has 0 bridgehead atoms. The Morgan fingerprint density at radius 3 is 2.19 bits per heavy atom. The zero-order valence-corrected chi connectivity index (χ0v) is 11.0. The summed E-state index contributed by atoms with van der Waals surface area (Å²) in [7, 11) is 0. The van der Waals surface area contributed by atoms with Crippen LogP contribution in [0.15, 0.2) is 59.6 Å². The van der Waals surface area contributed by atoms with E-state index in [0.717, 1.165) is 22.9 Å². The van der Waals surface area contributed by atoms with Crippen LogP contribution >= 0.6 is 0 Å². The van der Waals surface area contributed by atoms with Crippen molar-refractivity contribution in [2.45, 2.75) is 0 Å². The first-order valence-electron chi connectivity index (χ1n) is 6.14. The molecule has 2 rings (SSSR count). The van der Waals surface area contributed by atoms with Gasteiger partial charge in [0.05, 0.1) is 5.69 Å². The average molecular weight is 283 g/mol. The predicted octanol–water partition coefficient (Wildman–Crippen LogP) is 3.39. The van der Waals surface area contributed by atoms with E-state index in [1.807, 2.05) is 0 Å². The normalized spacial score (nSPS) is 11.1. The fourth-order valence-electron chi connectivity index (χ4n) is 1.60. The van der Waals surface area contributed by atoms with Gasteiger partial charge in [0, 0.05) is 12.3 Å². The summed E-state index contributed by atoms with van der Waals surface area (Å²) in [5.74, 6) is -0.617. The first-order valence-corrected chi connectivity index (χ1v) is 6.14. The fourth-order valence-corrected chi connectivity index (χ4v) is 1.60. The average Bonchev–Trinajstić information content (AvgIpc) is 2.52. The summed E-state index contributed by atoms with van der Waals surface area (Å²) in [5, 5.41) is 17.0. The van der Waals surface area contributed by atoms with Crippen molar-refractivity contribution in [3.05, 3.63) is 65.7 Å². The van der Waals surface area contributed by atoms with Crippen molar-refractivity contribution in [1.82, 2.24) is 0 Å². The number of carbonyl (C=O) groups is 1. The monoisotopic (exact) mass is 283 g/mol. The van der Waals surface area contributed by atoms with E-state index in [9.17, 15) is 4.79 Å². The molecule has 0 amide bonds. The van der Waals surface area contributed by atoms with Crippen LogP contribution in [0.2, 0.25) is 0 Å². The van der Waals surface area contributed by atoms with Crippen molar-refractivity contribution in [3.63, 3.8) is 0 Å². The van der Waals surface area contributed by atoms with Crippen LogP contribution < -0.4 is 4.89 Å². The number of benzene rings is 2. The van der Waals surface area contributed by atoms with Crippen molar-refractivity contribution in [3.8, 4) is 5.75 Å². The van der Waals surface area contributed by atoms with Crippen LogP contribution in [0.25, 0.3) is 6.08 Å². The molecule has 0 atom stereocenters. The van der Waals surface area contributed by atoms with Gasteiger partial charge < -0.3 is 9.99 Å². The van der Waals surface area contributed by atoms with Gasteiger partial charge in [-0.05, 0) is 53.6 Å². The van der Waals surface area contributed by atoms with E-state index in [1.165, 1.54) is 6.08 Å². The lowest BCUT2D eigenvalue weighted by Gasteiger charge is -1.98. The van der Waals surface area contributed by atoms with E-state index >= 15 is 0 Å². The van der Waals surface area contributed by atoms with E-state index in [4.69, 9.17) is 10.4 Å². The standard InChI is InChI=1S/C16H13NO4/c18-16(19)10-5-12-1-6-14(7-2-12)17-11-13-3-8-15(21-20)9-4-13/h1-11,20H,(H,18,19). The van der Waals surface area contributed by atoms with E-state index in [2.05, 4.69) is 9.88 Å². The summed E-state index contributed by atoms with van der Waals surface area (Å²) in [5.41, 5.74) is 2.41. The Hall–Kier alpha value is -2.92. The summed E-state index contributed by atoms with van der Waals surface area (Å²) in [4.78, 5) is 18.8. The van der Waals surface area contributed by atoms with Gasteiger partial charge in [0.15, 0.2) is 5.75 Å². The summed E-state index contributed by atoms with van der Waals surface area (Å²) < 4.78 is 0. The fraction of sp³-hybridized carbons (Fsp3) is 0. The quantitative estimate of drug-likeness (QED) is 0.381. The number of aliphatic carboxylic acids is 1. The van der Waals surface area contributed by atoms with E-state index in [1.54, 1.807) is 54.7 Å². The lowest BCUT2D eigenvalue weighted by Crippen LogP contribution is -1.85. The molecule has 0 aromatic heterocycles. The number of carboxylic acids is 1. The molecule has 5 heteroatoms. The van der Waals surface area contributed by atoms with Crippen LogP contribution in [0, 0.1) is 0 Å². The highest BCUT2D eigenvalue weighted by Gasteiger charge is 1.94. The van der Waals surface area contributed by atoms with Crippen LogP contribution in [-0.2, 0) is 4.79 Å². The van der Waals surface area contributed by atoms with Gasteiger partial charge in [-0.15, -0.1) is 0 Å². The molecule has 0 heterocycles. The summed E-state index contributed by atoms with van der Waals surface area (Å²) in [6.45, 7) is 0. The van der Waals surface area contributed by atoms with Crippen molar-refractivity contribution in [2.75, 3.05) is 0 Å². The largest absolute Gasteiger partial charge is 0.478 e. The van der Waals surface area contributed by atoms with Crippen LogP contribution in [0.3, 0.4) is 0 Å². The van der Waals surface area contributed by atoms with Crippen molar-refractivity contribution in [2.24, 2.45) is 4.99 Å². The number of hydrogen-bond donors (Lipinski definition) is 2. The Kier molecular flexibility index (Phi) is 4.84. The number of rotatable bonds is 5. The van der Waals surface area contributed by atoms with Gasteiger partial charge in [-0.2, -0.15) is 0 Å². The molecule has 0 aliphatic rings. The minimum Gasteiger partial charge on any atom is -0.478 e. The maximum Gasteiger partial charge on any atom is 0.328 e. The van der Waals surface area contributed by atoms with Gasteiger partial charge in [0.2, 0.25) is 0 Å². The summed E-state index contributed by atoms with van der Waals surface area (Å²) in [6, 6.07) is 13.9. The second-order valence-electron chi connectivity index (χ2n) is 4.18. The molecule has 2 N–H and O–H groups in total. The molecule has 2 aromatic rings. The molecule has 0 unspecified atom stereocenters. The minimum absolute atomic E-state index is 0.363. The third kappa shape index (κ3) is 4.59. The smallest absolute Gasteiger partial charge is 0.328 e. The number of aliphatic imine (C=N–C) groups is 1. The van der Waals surface area contributed by atoms with Crippen molar-refractivity contribution < 1.29 is 20.0 Å². The molecule has 0 spiro atoms. The van der Waals surface area contributed by atoms with Gasteiger partial charge in [0.1, 0.15) is 0 Å². The molecule has 0 aliphatic heterocycles. The van der Waals surface area contributed by atoms with Gasteiger partial charge in [-0.1, -0.05) is 12.1 Å². The van der Waals surface area contributed by atoms with Crippen molar-refractivity contribution in [1.29, 1.82) is 0 Å². The zero-order chi connectivity index (χ0) is 15.1. The van der Waals surface area contributed by atoms with E-state index < -0.39 is 5.97 Å². The van der Waals surface area contributed by atoms with Gasteiger partial charge in [-0.3, -0.25) is 4.99 Å². The molecule has 21 heavy (non-hydrogen) atoms. The van der Waals surface area contributed by atoms with Crippen molar-refractivity contribution >= 4 is 23.9 Å². The lowest BCUT2D eigenvalue weighted by atomic mass is 10.2. The summed E-state index contributed by atoms with van der Waals surface area (Å²) >= 11 is 0. The first kappa shape index (κ1) is 14.5. The molecule has 5 nitrogen and oxygen atoms in total. The Labute approximate surface area is 121 Å². The molecule has 0 aliphatic carbocycles. The molecule has 0 saturated carbocycles. The second kappa shape index (κ2) is 7.02. The Bertz CT molecular complexity index is 658. The molecule has 2 aromatic carbocycles. The predicted molar refractivity (Wildman–Crippen MR) is 80.1 cm³/mol. The van der Waals surface area contributed by atoms with Crippen LogP contribution in [0.4, 0.5) is 5.69 Å². The number of hydrogen-bond acceptors (Lipinski definition) is 4. The number of carboxylic acid groups (broad SMARTS) is 1. The Balaban J connectivity index is 2.05. The zero-order valence-electron chi connectivity index (χ0n) is 11.0. The Morgan fingerprint density at radius 2 is 1.62 bits per heavy atom. The second-order valence-corrected chi connectivity index (χ2v) is 4.18. The SMILES string of the molecule is O=C(O)C=Cc1ccc(N=Cc2ccc(OO)cc2)cc1. The maximum absolute atomic E-state index is 10.4. The molecule has 0 radical (unpaired) electrons. The molecular weight excluding hydrogens is 270 g/mol. The van der Waals surface area contributed by atoms with Crippen LogP contribution in [0.1, 0.15) is 11.1 Å². The van der Waals surface area contributed by atoms with Gasteiger partial charge in [0.25, 0.3) is 0 Å². The van der Waals surface area contributed by atoms with Crippen LogP contribution in [-0.4, -0.2) is 22.5 Å². The topological polar surface area (TPSA) is 79.1 Å². The lowest BCUT2D eigenvalue weighted by molar-refractivity contribution is -0.137. The third-order valence-corrected chi connectivity index (χ3v) is 2.66. The maximum atomic E-state index is 10.4. The van der Waals surface area contributed by atoms with Crippen LogP contribution in [0.5, 0.6) is 5.75 Å². The number of nitrogens with zero attached hydrogens (tertiary/aromatic N) is 1. The highest BCUT2D eigenvalue weighted by Crippen LogP contribution is 2.15. The minimum atomic E-state index is -0.979. The van der Waals surface area contributed by atoms with Gasteiger partial charge in [-0.25, -0.2) is 10.1 Å². The summed E-state index contributed by atoms with van der Waals surface area (Å²) in [6.07, 6.45) is 4.29. The van der Waals surface area contributed by atoms with Gasteiger partial charge >= 0.3 is 5.97 Å². The highest BCUT2D eigenvalue weighted by atomic mass is 17.1. The Morgan fingerprint density at radius 1 is 1.00 bits per heavy atom. The molecule has 0 saturated heterocycles. The van der Waals surface area contributed by atoms with E-state index in [-0.39, 0.29) is 0 Å². The van der Waals surface area contributed by atoms with E-state index in [0.29, 0.717) is 5.75 Å². The molecular formula is C16H13NO4.